The van der Waals surface area contributed by atoms with Gasteiger partial charge in [0.05, 0.1) is 6.21 Å². The van der Waals surface area contributed by atoms with E-state index in [0.717, 1.165) is 16.5 Å². The van der Waals surface area contributed by atoms with Gasteiger partial charge in [-0.3, -0.25) is 4.79 Å². The summed E-state index contributed by atoms with van der Waals surface area (Å²) in [6.45, 7) is 6.11. The first-order valence-electron chi connectivity index (χ1n) is 9.19. The maximum atomic E-state index is 11.9. The van der Waals surface area contributed by atoms with E-state index >= 15 is 0 Å². The Bertz CT molecular complexity index is 804. The molecule has 5 nitrogen and oxygen atoms in total. The molecule has 0 bridgehead atoms. The molecule has 0 heterocycles. The third-order valence-corrected chi connectivity index (χ3v) is 4.56. The number of nitrogens with zero attached hydrogens (tertiary/aromatic N) is 1. The molecule has 0 spiro atoms. The van der Waals surface area contributed by atoms with Gasteiger partial charge in [-0.05, 0) is 48.7 Å². The fraction of sp³-hybridized carbons (Fsp3) is 0.273. The van der Waals surface area contributed by atoms with Crippen LogP contribution in [-0.4, -0.2) is 25.3 Å². The van der Waals surface area contributed by atoms with Crippen LogP contribution in [0.5, 0.6) is 11.5 Å². The van der Waals surface area contributed by atoms with Crippen LogP contribution in [0.15, 0.2) is 64.7 Å². The van der Waals surface area contributed by atoms with Crippen molar-refractivity contribution < 1.29 is 14.3 Å². The highest BCUT2D eigenvalue weighted by molar-refractivity contribution is 9.10. The van der Waals surface area contributed by atoms with Gasteiger partial charge in [-0.2, -0.15) is 5.10 Å². The molecule has 6 heteroatoms. The Morgan fingerprint density at radius 1 is 1.18 bits per heavy atom. The smallest absolute Gasteiger partial charge is 0.277 e. The van der Waals surface area contributed by atoms with Crippen molar-refractivity contribution in [2.75, 3.05) is 13.2 Å². The van der Waals surface area contributed by atoms with Crippen LogP contribution >= 0.6 is 15.9 Å². The lowest BCUT2D eigenvalue weighted by Crippen LogP contribution is -2.24. The summed E-state index contributed by atoms with van der Waals surface area (Å²) in [5.74, 6) is 1.03. The van der Waals surface area contributed by atoms with Crippen LogP contribution in [0.4, 0.5) is 0 Å². The third-order valence-electron chi connectivity index (χ3n) is 3.84. The second-order valence-electron chi connectivity index (χ2n) is 6.11. The molecule has 0 aliphatic carbocycles. The van der Waals surface area contributed by atoms with E-state index in [-0.39, 0.29) is 12.5 Å². The maximum absolute atomic E-state index is 11.9. The van der Waals surface area contributed by atoms with Crippen LogP contribution in [0.1, 0.15) is 30.9 Å². The molecule has 2 rings (SSSR count). The van der Waals surface area contributed by atoms with Crippen LogP contribution in [0.25, 0.3) is 0 Å². The highest BCUT2D eigenvalue weighted by atomic mass is 79.9. The Balaban J connectivity index is 1.81. The normalized spacial score (nSPS) is 10.6. The second kappa shape index (κ2) is 12.0. The number of amides is 1. The molecule has 0 fully saturated rings. The monoisotopic (exact) mass is 444 g/mol. The van der Waals surface area contributed by atoms with Crippen molar-refractivity contribution in [2.45, 2.75) is 26.2 Å². The lowest BCUT2D eigenvalue weighted by molar-refractivity contribution is -0.123. The summed E-state index contributed by atoms with van der Waals surface area (Å²) < 4.78 is 11.8. The molecular weight excluding hydrogens is 420 g/mol. The molecule has 0 aromatic heterocycles. The fourth-order valence-electron chi connectivity index (χ4n) is 2.35. The van der Waals surface area contributed by atoms with Crippen molar-refractivity contribution in [1.29, 1.82) is 0 Å². The van der Waals surface area contributed by atoms with Gasteiger partial charge in [-0.15, -0.1) is 0 Å². The molecule has 2 aromatic carbocycles. The molecule has 0 saturated heterocycles. The van der Waals surface area contributed by atoms with E-state index in [1.165, 1.54) is 18.4 Å². The minimum Gasteiger partial charge on any atom is -0.490 e. The number of carbonyl (C=O) groups excluding carboxylic acids is 1. The van der Waals surface area contributed by atoms with Gasteiger partial charge in [0.1, 0.15) is 18.1 Å². The van der Waals surface area contributed by atoms with Crippen molar-refractivity contribution in [3.05, 3.63) is 70.7 Å². The largest absolute Gasteiger partial charge is 0.490 e. The van der Waals surface area contributed by atoms with E-state index in [4.69, 9.17) is 9.47 Å². The van der Waals surface area contributed by atoms with Gasteiger partial charge in [0, 0.05) is 10.0 Å². The van der Waals surface area contributed by atoms with E-state index in [1.54, 1.807) is 12.3 Å². The van der Waals surface area contributed by atoms with Gasteiger partial charge in [0.25, 0.3) is 5.91 Å². The van der Waals surface area contributed by atoms with Gasteiger partial charge in [-0.25, -0.2) is 5.43 Å². The molecule has 28 heavy (non-hydrogen) atoms. The Labute approximate surface area is 174 Å². The minimum absolute atomic E-state index is 0.102. The summed E-state index contributed by atoms with van der Waals surface area (Å²) >= 11 is 3.44. The topological polar surface area (TPSA) is 59.9 Å². The van der Waals surface area contributed by atoms with E-state index in [2.05, 4.69) is 40.0 Å². The summed E-state index contributed by atoms with van der Waals surface area (Å²) in [5, 5.41) is 3.97. The number of aryl methyl sites for hydroxylation is 1. The molecule has 0 radical (unpaired) electrons. The number of hydrogen-bond donors (Lipinski definition) is 1. The van der Waals surface area contributed by atoms with Crippen molar-refractivity contribution >= 4 is 28.1 Å². The number of nitrogens with one attached hydrogen (secondary N) is 1. The quantitative estimate of drug-likeness (QED) is 0.305. The number of benzene rings is 2. The highest BCUT2D eigenvalue weighted by Crippen LogP contribution is 2.21. The van der Waals surface area contributed by atoms with Gasteiger partial charge in [-0.1, -0.05) is 54.1 Å². The predicted octanol–water partition coefficient (Wildman–Crippen LogP) is 4.89. The van der Waals surface area contributed by atoms with Crippen LogP contribution in [-0.2, 0) is 11.2 Å². The van der Waals surface area contributed by atoms with Crippen LogP contribution in [0, 0.1) is 0 Å². The Hall–Kier alpha value is -2.60. The fourth-order valence-corrected chi connectivity index (χ4v) is 2.70. The lowest BCUT2D eigenvalue weighted by atomic mass is 10.1. The zero-order chi connectivity index (χ0) is 20.2. The van der Waals surface area contributed by atoms with Gasteiger partial charge < -0.3 is 9.47 Å². The Kier molecular flexibility index (Phi) is 9.28. The summed E-state index contributed by atoms with van der Waals surface area (Å²) in [6.07, 6.45) is 6.61. The summed E-state index contributed by atoms with van der Waals surface area (Å²) in [5.41, 5.74) is 4.51. The van der Waals surface area contributed by atoms with E-state index in [1.807, 2.05) is 42.5 Å². The number of hydrazone groups is 1. The van der Waals surface area contributed by atoms with E-state index in [9.17, 15) is 4.79 Å². The predicted molar refractivity (Wildman–Crippen MR) is 116 cm³/mol. The zero-order valence-corrected chi connectivity index (χ0v) is 17.6. The van der Waals surface area contributed by atoms with Crippen molar-refractivity contribution in [3.8, 4) is 11.5 Å². The standard InChI is InChI=1S/C22H25BrN2O3/c1-3-5-6-17-7-9-19(10-8-17)28-16-22(26)25-24-15-18-14-20(27-13-4-2)11-12-21(18)23/h4,7-12,14-15H,2-3,5-6,13,16H2,1H3,(H,25,26). The van der Waals surface area contributed by atoms with Crippen molar-refractivity contribution in [3.63, 3.8) is 0 Å². The molecule has 0 aliphatic rings. The minimum atomic E-state index is -0.332. The first kappa shape index (κ1) is 21.7. The SMILES string of the molecule is C=CCOc1ccc(Br)c(C=NNC(=O)COc2ccc(CCCC)cc2)c1. The molecule has 0 atom stereocenters. The third kappa shape index (κ3) is 7.56. The second-order valence-corrected chi connectivity index (χ2v) is 6.97. The van der Waals surface area contributed by atoms with Crippen LogP contribution in [0.3, 0.4) is 0 Å². The number of unbranched alkanes of at least 4 members (excludes halogenated alkanes) is 1. The van der Waals surface area contributed by atoms with Crippen molar-refractivity contribution in [2.24, 2.45) is 5.10 Å². The number of halogens is 1. The number of ether oxygens (including phenoxy) is 2. The molecular formula is C22H25BrN2O3. The summed E-state index contributed by atoms with van der Waals surface area (Å²) in [7, 11) is 0. The average molecular weight is 445 g/mol. The Morgan fingerprint density at radius 3 is 2.64 bits per heavy atom. The molecule has 1 amide bonds. The van der Waals surface area contributed by atoms with Crippen LogP contribution < -0.4 is 14.9 Å². The van der Waals surface area contributed by atoms with Gasteiger partial charge in [0.2, 0.25) is 0 Å². The average Bonchev–Trinajstić information content (AvgIpc) is 2.71. The lowest BCUT2D eigenvalue weighted by Gasteiger charge is -2.07. The molecule has 1 N–H and O–H groups in total. The first-order valence-corrected chi connectivity index (χ1v) is 9.98. The maximum Gasteiger partial charge on any atom is 0.277 e. The van der Waals surface area contributed by atoms with E-state index < -0.39 is 0 Å². The molecule has 148 valence electrons. The number of hydrogen-bond acceptors (Lipinski definition) is 4. The summed E-state index contributed by atoms with van der Waals surface area (Å²) in [6, 6.07) is 13.3. The van der Waals surface area contributed by atoms with E-state index in [0.29, 0.717) is 18.1 Å². The molecule has 2 aromatic rings. The first-order chi connectivity index (χ1) is 13.6. The Morgan fingerprint density at radius 2 is 1.93 bits per heavy atom. The molecule has 0 unspecified atom stereocenters. The molecule has 0 saturated carbocycles. The zero-order valence-electron chi connectivity index (χ0n) is 16.0. The number of rotatable bonds is 11. The van der Waals surface area contributed by atoms with Gasteiger partial charge in [0.15, 0.2) is 6.61 Å². The summed E-state index contributed by atoms with van der Waals surface area (Å²) in [4.78, 5) is 11.9. The van der Waals surface area contributed by atoms with Crippen LogP contribution in [0.2, 0.25) is 0 Å². The molecule has 0 aliphatic heterocycles. The van der Waals surface area contributed by atoms with Gasteiger partial charge >= 0.3 is 0 Å². The highest BCUT2D eigenvalue weighted by Gasteiger charge is 2.03. The number of carbonyl (C=O) groups is 1. The van der Waals surface area contributed by atoms with Crippen molar-refractivity contribution in [1.82, 2.24) is 5.43 Å².